The molecule has 0 unspecified atom stereocenters. The molecular weight excluding hydrogens is 254 g/mol. The van der Waals surface area contributed by atoms with Gasteiger partial charge in [0.1, 0.15) is 5.75 Å². The second-order valence-electron chi connectivity index (χ2n) is 5.86. The van der Waals surface area contributed by atoms with Gasteiger partial charge in [0.05, 0.1) is 6.10 Å². The maximum Gasteiger partial charge on any atom is 0.308 e. The van der Waals surface area contributed by atoms with Crippen LogP contribution in [0.2, 0.25) is 0 Å². The van der Waals surface area contributed by atoms with Crippen molar-refractivity contribution in [1.82, 2.24) is 4.90 Å². The molecule has 2 aliphatic heterocycles. The first kappa shape index (κ1) is 13.6. The molecule has 0 bridgehead atoms. The van der Waals surface area contributed by atoms with E-state index < -0.39 is 0 Å². The quantitative estimate of drug-likeness (QED) is 0.662. The summed E-state index contributed by atoms with van der Waals surface area (Å²) in [4.78, 5) is 13.4. The van der Waals surface area contributed by atoms with Crippen LogP contribution >= 0.6 is 0 Å². The van der Waals surface area contributed by atoms with E-state index in [1.54, 1.807) is 12.1 Å². The van der Waals surface area contributed by atoms with E-state index in [2.05, 4.69) is 4.90 Å². The van der Waals surface area contributed by atoms with Gasteiger partial charge >= 0.3 is 5.97 Å². The number of nitrogens with zero attached hydrogens (tertiary/aromatic N) is 1. The third kappa shape index (κ3) is 2.72. The summed E-state index contributed by atoms with van der Waals surface area (Å²) in [5.41, 5.74) is 1.12. The zero-order chi connectivity index (χ0) is 14.1. The number of ether oxygens (including phenoxy) is 1. The van der Waals surface area contributed by atoms with Gasteiger partial charge in [-0.15, -0.1) is 0 Å². The van der Waals surface area contributed by atoms with E-state index in [1.807, 2.05) is 12.1 Å². The summed E-state index contributed by atoms with van der Waals surface area (Å²) in [5, 5.41) is 10.4. The molecule has 2 saturated heterocycles. The van der Waals surface area contributed by atoms with E-state index in [1.165, 1.54) is 19.8 Å². The molecule has 0 aromatic heterocycles. The zero-order valence-corrected chi connectivity index (χ0v) is 11.8. The number of esters is 1. The first-order chi connectivity index (χ1) is 9.63. The molecule has 0 spiro atoms. The highest BCUT2D eigenvalue weighted by atomic mass is 16.5. The minimum Gasteiger partial charge on any atom is -0.427 e. The minimum absolute atomic E-state index is 0.163. The van der Waals surface area contributed by atoms with E-state index >= 15 is 0 Å². The van der Waals surface area contributed by atoms with Crippen molar-refractivity contribution in [2.24, 2.45) is 0 Å². The molecular formula is C16H21NO3. The molecule has 1 N–H and O–H groups in total. The molecule has 2 aliphatic rings. The number of aliphatic hydroxyl groups excluding tert-OH is 1. The molecule has 0 saturated carbocycles. The van der Waals surface area contributed by atoms with E-state index in [0.717, 1.165) is 25.1 Å². The summed E-state index contributed by atoms with van der Waals surface area (Å²) in [6.45, 7) is 3.48. The van der Waals surface area contributed by atoms with Gasteiger partial charge in [0.2, 0.25) is 0 Å². The number of benzene rings is 1. The Balaban J connectivity index is 1.73. The van der Waals surface area contributed by atoms with Crippen LogP contribution in [0.1, 0.15) is 37.7 Å². The van der Waals surface area contributed by atoms with E-state index in [9.17, 15) is 9.90 Å². The monoisotopic (exact) mass is 275 g/mol. The number of hydrogen-bond donors (Lipinski definition) is 1. The predicted octanol–water partition coefficient (Wildman–Crippen LogP) is 1.92. The number of hydrogen-bond acceptors (Lipinski definition) is 4. The van der Waals surface area contributed by atoms with Gasteiger partial charge in [-0.3, -0.25) is 9.69 Å². The number of carbonyl (C=O) groups excluding carboxylic acids is 1. The maximum atomic E-state index is 10.9. The smallest absolute Gasteiger partial charge is 0.308 e. The Kier molecular flexibility index (Phi) is 3.76. The van der Waals surface area contributed by atoms with E-state index in [-0.39, 0.29) is 18.0 Å². The van der Waals surface area contributed by atoms with Crippen LogP contribution in [0.3, 0.4) is 0 Å². The van der Waals surface area contributed by atoms with Crippen molar-refractivity contribution in [3.8, 4) is 5.75 Å². The molecule has 4 nitrogen and oxygen atoms in total. The summed E-state index contributed by atoms with van der Waals surface area (Å²) in [6, 6.07) is 8.10. The highest BCUT2D eigenvalue weighted by Gasteiger charge is 2.37. The van der Waals surface area contributed by atoms with Crippen molar-refractivity contribution in [2.45, 2.75) is 44.2 Å². The second-order valence-corrected chi connectivity index (χ2v) is 5.86. The Hall–Kier alpha value is -1.39. The fourth-order valence-corrected chi connectivity index (χ4v) is 3.50. The van der Waals surface area contributed by atoms with Crippen LogP contribution in [-0.2, 0) is 4.79 Å². The summed E-state index contributed by atoms with van der Waals surface area (Å²) >= 11 is 0. The SMILES string of the molecule is CC(=O)Oc1ccc([C@@H]2CN3CCC[C@@H]3C[C@@H]2O)cc1. The molecule has 3 rings (SSSR count). The fourth-order valence-electron chi connectivity index (χ4n) is 3.50. The fraction of sp³-hybridized carbons (Fsp3) is 0.562. The van der Waals surface area contributed by atoms with Crippen molar-refractivity contribution < 1.29 is 14.6 Å². The molecule has 2 fully saturated rings. The lowest BCUT2D eigenvalue weighted by molar-refractivity contribution is -0.131. The first-order valence-electron chi connectivity index (χ1n) is 7.34. The van der Waals surface area contributed by atoms with Crippen LogP contribution in [0, 0.1) is 0 Å². The molecule has 20 heavy (non-hydrogen) atoms. The lowest BCUT2D eigenvalue weighted by Gasteiger charge is -2.38. The predicted molar refractivity (Wildman–Crippen MR) is 75.7 cm³/mol. The van der Waals surface area contributed by atoms with Crippen LogP contribution in [0.4, 0.5) is 0 Å². The Morgan fingerprint density at radius 2 is 2.10 bits per heavy atom. The second kappa shape index (κ2) is 5.54. The molecule has 0 amide bonds. The van der Waals surface area contributed by atoms with Gasteiger partial charge in [0.25, 0.3) is 0 Å². The molecule has 108 valence electrons. The van der Waals surface area contributed by atoms with Gasteiger partial charge in [-0.2, -0.15) is 0 Å². The Labute approximate surface area is 119 Å². The van der Waals surface area contributed by atoms with Gasteiger partial charge in [-0.05, 0) is 43.5 Å². The Bertz CT molecular complexity index is 485. The summed E-state index contributed by atoms with van der Waals surface area (Å²) < 4.78 is 5.04. The topological polar surface area (TPSA) is 49.8 Å². The minimum atomic E-state index is -0.310. The van der Waals surface area contributed by atoms with Gasteiger partial charge in [-0.25, -0.2) is 0 Å². The standard InChI is InChI=1S/C16H21NO3/c1-11(18)20-14-6-4-12(5-7-14)15-10-17-8-2-3-13(17)9-16(15)19/h4-7,13,15-16,19H,2-3,8-10H2,1H3/t13-,15+,16+/m1/s1. The number of fused-ring (bicyclic) bond motifs is 1. The molecule has 0 aliphatic carbocycles. The van der Waals surface area contributed by atoms with Gasteiger partial charge in [-0.1, -0.05) is 12.1 Å². The van der Waals surface area contributed by atoms with Crippen LogP contribution in [-0.4, -0.2) is 41.2 Å². The van der Waals surface area contributed by atoms with Crippen LogP contribution in [0.15, 0.2) is 24.3 Å². The number of rotatable bonds is 2. The highest BCUT2D eigenvalue weighted by Crippen LogP contribution is 2.35. The van der Waals surface area contributed by atoms with Crippen molar-refractivity contribution in [3.63, 3.8) is 0 Å². The Morgan fingerprint density at radius 3 is 2.80 bits per heavy atom. The van der Waals surface area contributed by atoms with E-state index in [0.29, 0.717) is 11.8 Å². The van der Waals surface area contributed by atoms with Gasteiger partial charge in [0.15, 0.2) is 0 Å². The first-order valence-corrected chi connectivity index (χ1v) is 7.34. The van der Waals surface area contributed by atoms with Gasteiger partial charge in [0, 0.05) is 25.4 Å². The number of aliphatic hydroxyl groups is 1. The van der Waals surface area contributed by atoms with Crippen molar-refractivity contribution in [2.75, 3.05) is 13.1 Å². The summed E-state index contributed by atoms with van der Waals surface area (Å²) in [7, 11) is 0. The molecule has 1 aromatic rings. The molecule has 1 aromatic carbocycles. The molecule has 2 heterocycles. The van der Waals surface area contributed by atoms with Crippen LogP contribution < -0.4 is 4.74 Å². The lowest BCUT2D eigenvalue weighted by Crippen LogP contribution is -2.45. The van der Waals surface area contributed by atoms with Crippen molar-refractivity contribution in [3.05, 3.63) is 29.8 Å². The van der Waals surface area contributed by atoms with E-state index in [4.69, 9.17) is 4.74 Å². The summed E-state index contributed by atoms with van der Waals surface area (Å²) in [5.74, 6) is 0.414. The third-order valence-corrected chi connectivity index (χ3v) is 4.48. The molecule has 4 heteroatoms. The number of carbonyl (C=O) groups is 1. The van der Waals surface area contributed by atoms with Crippen LogP contribution in [0.5, 0.6) is 5.75 Å². The van der Waals surface area contributed by atoms with Crippen molar-refractivity contribution in [1.29, 1.82) is 0 Å². The average Bonchev–Trinajstić information content (AvgIpc) is 2.85. The summed E-state index contributed by atoms with van der Waals surface area (Å²) in [6.07, 6.45) is 3.06. The maximum absolute atomic E-state index is 10.9. The third-order valence-electron chi connectivity index (χ3n) is 4.48. The molecule has 0 radical (unpaired) electrons. The molecule has 3 atom stereocenters. The largest absolute Gasteiger partial charge is 0.427 e. The normalized spacial score (nSPS) is 30.0. The average molecular weight is 275 g/mol. The zero-order valence-electron chi connectivity index (χ0n) is 11.8. The van der Waals surface area contributed by atoms with Crippen LogP contribution in [0.25, 0.3) is 0 Å². The Morgan fingerprint density at radius 1 is 1.35 bits per heavy atom. The number of piperidine rings is 1. The highest BCUT2D eigenvalue weighted by molar-refractivity contribution is 5.69. The van der Waals surface area contributed by atoms with Gasteiger partial charge < -0.3 is 9.84 Å². The van der Waals surface area contributed by atoms with Crippen molar-refractivity contribution >= 4 is 5.97 Å². The lowest BCUT2D eigenvalue weighted by atomic mass is 9.85.